The molecular weight excluding hydrogens is 586 g/mol. The molecule has 0 aliphatic carbocycles. The number of benzene rings is 1. The molecule has 2 amide bonds. The molecular formula is C28H25FIN4O3-. The Bertz CT molecular complexity index is 1530. The zero-order valence-corrected chi connectivity index (χ0v) is 22.5. The van der Waals surface area contributed by atoms with E-state index in [4.69, 9.17) is 9.72 Å². The van der Waals surface area contributed by atoms with E-state index in [0.29, 0.717) is 30.0 Å². The summed E-state index contributed by atoms with van der Waals surface area (Å²) in [5.74, 6) is -0.497. The van der Waals surface area contributed by atoms with Crippen molar-refractivity contribution in [2.75, 3.05) is 20.2 Å². The molecule has 0 saturated heterocycles. The first-order valence-electron chi connectivity index (χ1n) is 11.7. The second-order valence-corrected chi connectivity index (χ2v) is 11.0. The molecule has 0 unspecified atom stereocenters. The van der Waals surface area contributed by atoms with Crippen LogP contribution in [0.1, 0.15) is 38.9 Å². The molecule has 2 aliphatic heterocycles. The zero-order chi connectivity index (χ0) is 26.0. The van der Waals surface area contributed by atoms with Gasteiger partial charge in [-0.15, -0.1) is 0 Å². The standard InChI is InChI=1S/C28H25FIN4O3/c1-28(29)16-37-15-21-4-3-18(10-22(21)28)26(35)33-13-17-9-25-19(12-30-11-17)5-7-23(34-25)20-6-8-24(32-14-20)27(36)31-2/h3-12,14H,13,15-16H2,1-2H3,(H,31,36)(H,33,35)/q-1/t28-/m1/s1. The summed E-state index contributed by atoms with van der Waals surface area (Å²) in [5, 5.41) is 7.38. The average Bonchev–Trinajstić information content (AvgIpc) is 3.12. The summed E-state index contributed by atoms with van der Waals surface area (Å²) in [6, 6.07) is 12.6. The van der Waals surface area contributed by atoms with Crippen LogP contribution in [0.3, 0.4) is 0 Å². The van der Waals surface area contributed by atoms with Crippen molar-refractivity contribution >= 4 is 22.0 Å². The van der Waals surface area contributed by atoms with Crippen molar-refractivity contribution in [2.45, 2.75) is 19.2 Å². The maximum absolute atomic E-state index is 14.9. The van der Waals surface area contributed by atoms with Crippen LogP contribution in [0.5, 0.6) is 0 Å². The number of ether oxygens (including phenoxy) is 1. The van der Waals surface area contributed by atoms with Crippen LogP contribution in [0, 0.1) is 0 Å². The van der Waals surface area contributed by atoms with Crippen LogP contribution in [-0.4, -0.2) is 42.0 Å². The second-order valence-electron chi connectivity index (χ2n) is 8.99. The van der Waals surface area contributed by atoms with E-state index >= 15 is 0 Å². The fourth-order valence-corrected chi connectivity index (χ4v) is 6.14. The third-order valence-corrected chi connectivity index (χ3v) is 8.39. The number of rotatable bonds is 5. The van der Waals surface area contributed by atoms with Crippen LogP contribution in [0.15, 0.2) is 58.3 Å². The van der Waals surface area contributed by atoms with E-state index < -0.39 is 5.67 Å². The molecule has 0 saturated carbocycles. The Kier molecular flexibility index (Phi) is 7.16. The van der Waals surface area contributed by atoms with Gasteiger partial charge in [0.15, 0.2) is 0 Å². The monoisotopic (exact) mass is 611 g/mol. The molecule has 5 rings (SSSR count). The Morgan fingerprint density at radius 2 is 2.00 bits per heavy atom. The van der Waals surface area contributed by atoms with Gasteiger partial charge in [-0.1, -0.05) is 0 Å². The number of aromatic nitrogens is 2. The number of carbonyl (C=O) groups excluding carboxylic acids is 2. The van der Waals surface area contributed by atoms with E-state index in [-0.39, 0.29) is 39.6 Å². The molecule has 2 N–H and O–H groups in total. The van der Waals surface area contributed by atoms with Crippen molar-refractivity contribution in [3.8, 4) is 11.3 Å². The fourth-order valence-electron chi connectivity index (χ4n) is 4.18. The summed E-state index contributed by atoms with van der Waals surface area (Å²) in [4.78, 5) is 33.7. The Morgan fingerprint density at radius 3 is 2.78 bits per heavy atom. The number of amides is 2. The third kappa shape index (κ3) is 5.47. The minimum atomic E-state index is -1.62. The Morgan fingerprint density at radius 1 is 1.14 bits per heavy atom. The molecule has 4 heterocycles. The summed E-state index contributed by atoms with van der Waals surface area (Å²) in [7, 11) is 1.57. The van der Waals surface area contributed by atoms with Crippen LogP contribution < -0.4 is 42.4 Å². The number of nitrogens with zero attached hydrogens (tertiary/aromatic N) is 2. The molecule has 9 heteroatoms. The summed E-state index contributed by atoms with van der Waals surface area (Å²) in [6.07, 6.45) is 3.62. The van der Waals surface area contributed by atoms with Crippen LogP contribution >= 0.6 is 0 Å². The number of alkyl halides is 1. The molecule has 7 nitrogen and oxygen atoms in total. The SMILES string of the molecule is CNC(=O)c1ccc(-c2ccc3c(n2)=CC(CNC(=O)c2ccc4c(c2)[C@](C)(F)COC4)=C[I-]C=3)cn1. The van der Waals surface area contributed by atoms with Crippen molar-refractivity contribution in [1.29, 1.82) is 0 Å². The number of carbonyl (C=O) groups is 2. The second kappa shape index (κ2) is 10.5. The third-order valence-electron chi connectivity index (χ3n) is 6.20. The topological polar surface area (TPSA) is 93.2 Å². The van der Waals surface area contributed by atoms with Gasteiger partial charge in [-0.05, 0) is 0 Å². The van der Waals surface area contributed by atoms with Crippen molar-refractivity contribution in [3.05, 3.63) is 91.3 Å². The molecule has 0 spiro atoms. The quantitative estimate of drug-likeness (QED) is 0.367. The average molecular weight is 611 g/mol. The van der Waals surface area contributed by atoms with E-state index in [2.05, 4.69) is 23.8 Å². The Labute approximate surface area is 223 Å². The summed E-state index contributed by atoms with van der Waals surface area (Å²) >= 11 is -0.359. The van der Waals surface area contributed by atoms with Gasteiger partial charge in [0.2, 0.25) is 0 Å². The molecule has 1 aromatic carbocycles. The molecule has 0 bridgehead atoms. The van der Waals surface area contributed by atoms with Gasteiger partial charge < -0.3 is 0 Å². The van der Waals surface area contributed by atoms with E-state index in [1.54, 1.807) is 37.5 Å². The normalized spacial score (nSPS) is 18.4. The van der Waals surface area contributed by atoms with Gasteiger partial charge in [0.05, 0.1) is 0 Å². The van der Waals surface area contributed by atoms with Gasteiger partial charge in [0.25, 0.3) is 0 Å². The van der Waals surface area contributed by atoms with Crippen molar-refractivity contribution < 1.29 is 39.9 Å². The minimum absolute atomic E-state index is 0.0181. The van der Waals surface area contributed by atoms with Gasteiger partial charge in [0.1, 0.15) is 0 Å². The number of pyridine rings is 2. The molecule has 190 valence electrons. The van der Waals surface area contributed by atoms with Crippen molar-refractivity contribution in [1.82, 2.24) is 20.6 Å². The number of halogens is 2. The van der Waals surface area contributed by atoms with E-state index in [9.17, 15) is 14.0 Å². The number of hydrogen-bond donors (Lipinski definition) is 2. The van der Waals surface area contributed by atoms with Crippen LogP contribution in [0.2, 0.25) is 0 Å². The number of hydrogen-bond acceptors (Lipinski definition) is 5. The summed E-state index contributed by atoms with van der Waals surface area (Å²) in [5.41, 5.74) is 2.95. The van der Waals surface area contributed by atoms with E-state index in [1.165, 1.54) is 6.92 Å². The van der Waals surface area contributed by atoms with Gasteiger partial charge in [-0.25, -0.2) is 0 Å². The van der Waals surface area contributed by atoms with E-state index in [1.807, 2.05) is 24.3 Å². The van der Waals surface area contributed by atoms with Crippen LogP contribution in [-0.2, 0) is 17.0 Å². The molecule has 1 atom stereocenters. The van der Waals surface area contributed by atoms with Gasteiger partial charge in [-0.2, -0.15) is 0 Å². The van der Waals surface area contributed by atoms with Crippen LogP contribution in [0.25, 0.3) is 21.4 Å². The fraction of sp³-hybridized carbons (Fsp3) is 0.214. The molecule has 2 aliphatic rings. The van der Waals surface area contributed by atoms with Gasteiger partial charge in [-0.3, -0.25) is 0 Å². The molecule has 37 heavy (non-hydrogen) atoms. The molecule has 0 radical (unpaired) electrons. The van der Waals surface area contributed by atoms with E-state index in [0.717, 1.165) is 33.0 Å². The van der Waals surface area contributed by atoms with Gasteiger partial charge in [0, 0.05) is 0 Å². The molecule has 0 fully saturated rings. The molecule has 2 aromatic heterocycles. The summed E-state index contributed by atoms with van der Waals surface area (Å²) < 4.78 is 24.6. The zero-order valence-electron chi connectivity index (χ0n) is 20.3. The first kappa shape index (κ1) is 25.2. The number of nitrogens with one attached hydrogen (secondary N) is 2. The Balaban J connectivity index is 1.34. The Hall–Kier alpha value is -3.44. The molecule has 3 aromatic rings. The predicted octanol–water partition coefficient (Wildman–Crippen LogP) is -0.847. The number of fused-ring (bicyclic) bond motifs is 2. The first-order chi connectivity index (χ1) is 17.8. The van der Waals surface area contributed by atoms with Crippen molar-refractivity contribution in [3.63, 3.8) is 0 Å². The predicted molar refractivity (Wildman–Crippen MR) is 134 cm³/mol. The first-order valence-corrected chi connectivity index (χ1v) is 14.2. The summed E-state index contributed by atoms with van der Waals surface area (Å²) in [6.45, 7) is 2.15. The maximum atomic E-state index is 14.9. The van der Waals surface area contributed by atoms with Crippen molar-refractivity contribution in [2.24, 2.45) is 0 Å². The van der Waals surface area contributed by atoms with Crippen LogP contribution in [0.4, 0.5) is 4.39 Å². The van der Waals surface area contributed by atoms with Gasteiger partial charge >= 0.3 is 224 Å².